The summed E-state index contributed by atoms with van der Waals surface area (Å²) in [5.41, 5.74) is 1.03. The Balaban J connectivity index is 2.21. The molecular formula is C21H25N3O5. The number of nitrogens with one attached hydrogen (secondary N) is 1. The van der Waals surface area contributed by atoms with E-state index in [0.29, 0.717) is 6.42 Å². The number of benzene rings is 2. The summed E-state index contributed by atoms with van der Waals surface area (Å²) < 4.78 is 5.12. The van der Waals surface area contributed by atoms with Gasteiger partial charge in [-0.3, -0.25) is 14.9 Å². The molecule has 0 aliphatic heterocycles. The summed E-state index contributed by atoms with van der Waals surface area (Å²) in [7, 11) is 3.86. The molecule has 0 aliphatic carbocycles. The number of nitrogens with zero attached hydrogens (tertiary/aromatic N) is 2. The van der Waals surface area contributed by atoms with E-state index in [9.17, 15) is 19.7 Å². The van der Waals surface area contributed by atoms with Crippen LogP contribution in [0.4, 0.5) is 11.4 Å². The van der Waals surface area contributed by atoms with Gasteiger partial charge in [-0.15, -0.1) is 0 Å². The van der Waals surface area contributed by atoms with Gasteiger partial charge >= 0.3 is 5.97 Å². The maximum Gasteiger partial charge on any atom is 0.346 e. The van der Waals surface area contributed by atoms with E-state index < -0.39 is 22.5 Å². The van der Waals surface area contributed by atoms with E-state index in [-0.39, 0.29) is 24.3 Å². The number of carbonyl (C=O) groups excluding carboxylic acids is 2. The molecule has 1 N–H and O–H groups in total. The smallest absolute Gasteiger partial charge is 0.346 e. The lowest BCUT2D eigenvalue weighted by Crippen LogP contribution is -2.26. The van der Waals surface area contributed by atoms with Crippen LogP contribution in [0.25, 0.3) is 0 Å². The summed E-state index contributed by atoms with van der Waals surface area (Å²) in [6, 6.07) is 11.5. The Hall–Kier alpha value is -3.42. The number of carbonyl (C=O) groups is 2. The van der Waals surface area contributed by atoms with Gasteiger partial charge in [-0.1, -0.05) is 31.5 Å². The number of amides is 1. The number of anilines is 1. The lowest BCUT2D eigenvalue weighted by atomic mass is 10.0. The molecule has 0 heterocycles. The fraction of sp³-hybridized carbons (Fsp3) is 0.333. The van der Waals surface area contributed by atoms with Gasteiger partial charge in [0.2, 0.25) is 0 Å². The maximum atomic E-state index is 12.7. The Morgan fingerprint density at radius 2 is 1.83 bits per heavy atom. The molecule has 0 saturated heterocycles. The van der Waals surface area contributed by atoms with Gasteiger partial charge in [-0.2, -0.15) is 0 Å². The van der Waals surface area contributed by atoms with Crippen molar-refractivity contribution in [3.8, 4) is 0 Å². The van der Waals surface area contributed by atoms with Crippen LogP contribution in [0.3, 0.4) is 0 Å². The van der Waals surface area contributed by atoms with Crippen LogP contribution >= 0.6 is 0 Å². The minimum Gasteiger partial charge on any atom is -0.462 e. The molecule has 1 amide bonds. The fourth-order valence-electron chi connectivity index (χ4n) is 2.67. The quantitative estimate of drug-likeness (QED) is 0.299. The van der Waals surface area contributed by atoms with E-state index in [2.05, 4.69) is 5.32 Å². The van der Waals surface area contributed by atoms with Crippen molar-refractivity contribution >= 4 is 23.3 Å². The second-order valence-electron chi connectivity index (χ2n) is 6.69. The molecule has 154 valence electrons. The van der Waals surface area contributed by atoms with Gasteiger partial charge in [-0.25, -0.2) is 4.79 Å². The number of rotatable bonds is 9. The van der Waals surface area contributed by atoms with Crippen LogP contribution in [0.15, 0.2) is 42.5 Å². The monoisotopic (exact) mass is 399 g/mol. The predicted octanol–water partition coefficient (Wildman–Crippen LogP) is 3.55. The Kier molecular flexibility index (Phi) is 7.70. The average molecular weight is 399 g/mol. The minimum atomic E-state index is -0.869. The van der Waals surface area contributed by atoms with E-state index in [1.807, 2.05) is 50.2 Å². The van der Waals surface area contributed by atoms with Crippen LogP contribution in [-0.4, -0.2) is 37.5 Å². The van der Waals surface area contributed by atoms with Crippen molar-refractivity contribution in [1.82, 2.24) is 5.32 Å². The van der Waals surface area contributed by atoms with E-state index >= 15 is 0 Å². The lowest BCUT2D eigenvalue weighted by molar-refractivity contribution is -0.385. The van der Waals surface area contributed by atoms with Gasteiger partial charge in [0.05, 0.1) is 17.1 Å². The standard InChI is InChI=1S/C21H25N3O5/c1-4-5-13-29-21(26)19-17(7-6-8-18(19)24(27)28)20(25)22-14-15-9-11-16(12-10-15)23(2)3/h6-12H,4-5,13-14H2,1-3H3,(H,22,25). The molecule has 0 radical (unpaired) electrons. The highest BCUT2D eigenvalue weighted by Crippen LogP contribution is 2.24. The Labute approximate surface area is 169 Å². The van der Waals surface area contributed by atoms with Gasteiger partial charge in [0.1, 0.15) is 5.56 Å². The molecule has 0 fully saturated rings. The second kappa shape index (κ2) is 10.2. The predicted molar refractivity (Wildman–Crippen MR) is 110 cm³/mol. The molecule has 0 atom stereocenters. The number of ether oxygens (including phenoxy) is 1. The van der Waals surface area contributed by atoms with E-state index in [1.165, 1.54) is 18.2 Å². The molecule has 2 aromatic rings. The zero-order valence-corrected chi connectivity index (χ0v) is 16.8. The zero-order chi connectivity index (χ0) is 21.4. The topological polar surface area (TPSA) is 102 Å². The molecule has 0 unspecified atom stereocenters. The van der Waals surface area contributed by atoms with Gasteiger partial charge in [0, 0.05) is 32.4 Å². The minimum absolute atomic E-state index is 0.0781. The summed E-state index contributed by atoms with van der Waals surface area (Å²) in [4.78, 5) is 37.7. The molecular weight excluding hydrogens is 374 g/mol. The van der Waals surface area contributed by atoms with Crippen molar-refractivity contribution in [2.24, 2.45) is 0 Å². The van der Waals surface area contributed by atoms with Crippen molar-refractivity contribution in [1.29, 1.82) is 0 Å². The molecule has 8 heteroatoms. The number of nitro benzene ring substituents is 1. The Bertz CT molecular complexity index is 878. The highest BCUT2D eigenvalue weighted by molar-refractivity contribution is 6.07. The highest BCUT2D eigenvalue weighted by atomic mass is 16.6. The fourth-order valence-corrected chi connectivity index (χ4v) is 2.67. The summed E-state index contributed by atoms with van der Waals surface area (Å²) in [6.07, 6.45) is 1.45. The first kappa shape index (κ1) is 21.9. The third-order valence-electron chi connectivity index (χ3n) is 4.32. The van der Waals surface area contributed by atoms with Gasteiger partial charge in [0.25, 0.3) is 11.6 Å². The molecule has 8 nitrogen and oxygen atoms in total. The first-order valence-electron chi connectivity index (χ1n) is 9.34. The zero-order valence-electron chi connectivity index (χ0n) is 16.8. The van der Waals surface area contributed by atoms with Crippen LogP contribution in [0.1, 0.15) is 46.0 Å². The van der Waals surface area contributed by atoms with Crippen LogP contribution in [0.2, 0.25) is 0 Å². The number of esters is 1. The Morgan fingerprint density at radius 3 is 2.41 bits per heavy atom. The van der Waals surface area contributed by atoms with Crippen molar-refractivity contribution in [2.75, 3.05) is 25.6 Å². The van der Waals surface area contributed by atoms with E-state index in [4.69, 9.17) is 4.74 Å². The summed E-state index contributed by atoms with van der Waals surface area (Å²) in [5.74, 6) is -1.45. The molecule has 29 heavy (non-hydrogen) atoms. The van der Waals surface area contributed by atoms with E-state index in [1.54, 1.807) is 0 Å². The van der Waals surface area contributed by atoms with Gasteiger partial charge < -0.3 is 15.0 Å². The van der Waals surface area contributed by atoms with Crippen molar-refractivity contribution in [3.05, 3.63) is 69.3 Å². The molecule has 0 aromatic heterocycles. The number of nitro groups is 1. The molecule has 0 saturated carbocycles. The summed E-state index contributed by atoms with van der Waals surface area (Å²) in [5, 5.41) is 14.1. The molecule has 0 aliphatic rings. The number of unbranched alkanes of at least 4 members (excludes halogenated alkanes) is 1. The largest absolute Gasteiger partial charge is 0.462 e. The van der Waals surface area contributed by atoms with Gasteiger partial charge in [-0.05, 0) is 30.2 Å². The molecule has 0 spiro atoms. The lowest BCUT2D eigenvalue weighted by Gasteiger charge is -2.13. The maximum absolute atomic E-state index is 12.7. The van der Waals surface area contributed by atoms with Crippen molar-refractivity contribution in [2.45, 2.75) is 26.3 Å². The van der Waals surface area contributed by atoms with Gasteiger partial charge in [0.15, 0.2) is 0 Å². The molecule has 2 aromatic carbocycles. The van der Waals surface area contributed by atoms with Crippen LogP contribution < -0.4 is 10.2 Å². The summed E-state index contributed by atoms with van der Waals surface area (Å²) in [6.45, 7) is 2.29. The summed E-state index contributed by atoms with van der Waals surface area (Å²) >= 11 is 0. The number of hydrogen-bond donors (Lipinski definition) is 1. The second-order valence-corrected chi connectivity index (χ2v) is 6.69. The molecule has 2 rings (SSSR count). The Morgan fingerprint density at radius 1 is 1.14 bits per heavy atom. The van der Waals surface area contributed by atoms with Crippen molar-refractivity contribution in [3.63, 3.8) is 0 Å². The van der Waals surface area contributed by atoms with E-state index in [0.717, 1.165) is 17.7 Å². The molecule has 0 bridgehead atoms. The highest BCUT2D eigenvalue weighted by Gasteiger charge is 2.28. The van der Waals surface area contributed by atoms with Crippen LogP contribution in [0.5, 0.6) is 0 Å². The average Bonchev–Trinajstić information content (AvgIpc) is 2.71. The van der Waals surface area contributed by atoms with Crippen LogP contribution in [0, 0.1) is 10.1 Å². The third kappa shape index (κ3) is 5.78. The normalized spacial score (nSPS) is 10.3. The van der Waals surface area contributed by atoms with Crippen LogP contribution in [-0.2, 0) is 11.3 Å². The SMILES string of the molecule is CCCCOC(=O)c1c(C(=O)NCc2ccc(N(C)C)cc2)cccc1[N+](=O)[O-]. The first-order chi connectivity index (χ1) is 13.8. The van der Waals surface area contributed by atoms with Crippen molar-refractivity contribution < 1.29 is 19.2 Å². The number of hydrogen-bond acceptors (Lipinski definition) is 6. The first-order valence-corrected chi connectivity index (χ1v) is 9.34. The third-order valence-corrected chi connectivity index (χ3v) is 4.32.